The third-order valence-corrected chi connectivity index (χ3v) is 3.49. The highest BCUT2D eigenvalue weighted by Crippen LogP contribution is 2.24. The maximum Gasteiger partial charge on any atom is 0.126 e. The Morgan fingerprint density at radius 1 is 1.11 bits per heavy atom. The van der Waals surface area contributed by atoms with Crippen LogP contribution in [-0.2, 0) is 0 Å². The van der Waals surface area contributed by atoms with Gasteiger partial charge in [0.05, 0.1) is 0 Å². The molecule has 0 bridgehead atoms. The number of halogens is 2. The highest BCUT2D eigenvalue weighted by Gasteiger charge is 2.22. The van der Waals surface area contributed by atoms with E-state index in [9.17, 15) is 8.78 Å². The van der Waals surface area contributed by atoms with E-state index in [-0.39, 0.29) is 6.04 Å². The van der Waals surface area contributed by atoms with Gasteiger partial charge in [0, 0.05) is 24.7 Å². The quantitative estimate of drug-likeness (QED) is 0.859. The zero-order valence-corrected chi connectivity index (χ0v) is 12.2. The number of nitrogens with zero attached hydrogens (tertiary/aromatic N) is 1. The van der Waals surface area contributed by atoms with E-state index >= 15 is 0 Å². The van der Waals surface area contributed by atoms with Gasteiger partial charge in [0.25, 0.3) is 0 Å². The molecule has 19 heavy (non-hydrogen) atoms. The van der Waals surface area contributed by atoms with Crippen LogP contribution in [0, 0.1) is 17.6 Å². The van der Waals surface area contributed by atoms with Crippen molar-refractivity contribution in [2.75, 3.05) is 13.6 Å². The van der Waals surface area contributed by atoms with E-state index in [1.165, 1.54) is 12.1 Å². The summed E-state index contributed by atoms with van der Waals surface area (Å²) in [6, 6.07) is 3.74. The number of nitrogens with two attached hydrogens (primary N) is 1. The summed E-state index contributed by atoms with van der Waals surface area (Å²) in [6.45, 7) is 6.76. The largest absolute Gasteiger partial charge is 0.329 e. The summed E-state index contributed by atoms with van der Waals surface area (Å²) in [6.07, 6.45) is 1.02. The standard InChI is InChI=1S/C15H24F2N2/c1-10(2)5-11(3)19(4)15(9-18)12-6-13(16)8-14(17)7-12/h6-8,10-11,15H,5,9,18H2,1-4H3. The van der Waals surface area contributed by atoms with Crippen molar-refractivity contribution in [1.29, 1.82) is 0 Å². The molecule has 1 aromatic rings. The van der Waals surface area contributed by atoms with Crippen LogP contribution in [0.15, 0.2) is 18.2 Å². The second-order valence-corrected chi connectivity index (χ2v) is 5.60. The predicted octanol–water partition coefficient (Wildman–Crippen LogP) is 3.33. The van der Waals surface area contributed by atoms with E-state index in [0.29, 0.717) is 24.1 Å². The predicted molar refractivity (Wildman–Crippen MR) is 74.8 cm³/mol. The second-order valence-electron chi connectivity index (χ2n) is 5.60. The van der Waals surface area contributed by atoms with Crippen molar-refractivity contribution >= 4 is 0 Å². The molecule has 1 aromatic carbocycles. The van der Waals surface area contributed by atoms with E-state index in [0.717, 1.165) is 12.5 Å². The molecule has 0 amide bonds. The molecule has 0 saturated heterocycles. The molecule has 2 N–H and O–H groups in total. The van der Waals surface area contributed by atoms with Gasteiger partial charge in [0.2, 0.25) is 0 Å². The highest BCUT2D eigenvalue weighted by atomic mass is 19.1. The summed E-state index contributed by atoms with van der Waals surface area (Å²) in [7, 11) is 1.95. The number of hydrogen-bond acceptors (Lipinski definition) is 2. The number of hydrogen-bond donors (Lipinski definition) is 1. The number of likely N-dealkylation sites (N-methyl/N-ethyl adjacent to an activating group) is 1. The van der Waals surface area contributed by atoms with Crippen molar-refractivity contribution in [2.45, 2.75) is 39.3 Å². The lowest BCUT2D eigenvalue weighted by molar-refractivity contribution is 0.168. The van der Waals surface area contributed by atoms with Crippen LogP contribution in [0.25, 0.3) is 0 Å². The van der Waals surface area contributed by atoms with Crippen molar-refractivity contribution in [1.82, 2.24) is 4.90 Å². The lowest BCUT2D eigenvalue weighted by Crippen LogP contribution is -2.37. The highest BCUT2D eigenvalue weighted by molar-refractivity contribution is 5.22. The molecule has 0 saturated carbocycles. The van der Waals surface area contributed by atoms with E-state index in [2.05, 4.69) is 25.7 Å². The fourth-order valence-electron chi connectivity index (χ4n) is 2.46. The maximum atomic E-state index is 13.3. The summed E-state index contributed by atoms with van der Waals surface area (Å²) >= 11 is 0. The van der Waals surface area contributed by atoms with Gasteiger partial charge in [-0.2, -0.15) is 0 Å². The maximum absolute atomic E-state index is 13.3. The van der Waals surface area contributed by atoms with E-state index < -0.39 is 11.6 Å². The molecule has 0 heterocycles. The Morgan fingerprint density at radius 2 is 1.63 bits per heavy atom. The molecule has 0 aromatic heterocycles. The van der Waals surface area contributed by atoms with Gasteiger partial charge in [0.15, 0.2) is 0 Å². The molecule has 108 valence electrons. The molecule has 0 aliphatic carbocycles. The van der Waals surface area contributed by atoms with Crippen LogP contribution in [0.5, 0.6) is 0 Å². The van der Waals surface area contributed by atoms with Gasteiger partial charge in [-0.1, -0.05) is 13.8 Å². The average molecular weight is 270 g/mol. The zero-order chi connectivity index (χ0) is 14.6. The Kier molecular flexibility index (Phi) is 5.88. The van der Waals surface area contributed by atoms with E-state index in [4.69, 9.17) is 5.73 Å². The van der Waals surface area contributed by atoms with Crippen LogP contribution in [0.1, 0.15) is 38.8 Å². The van der Waals surface area contributed by atoms with Crippen molar-refractivity contribution < 1.29 is 8.78 Å². The second kappa shape index (κ2) is 6.96. The molecule has 2 atom stereocenters. The average Bonchev–Trinajstić information content (AvgIpc) is 2.27. The van der Waals surface area contributed by atoms with Crippen molar-refractivity contribution in [3.8, 4) is 0 Å². The van der Waals surface area contributed by atoms with Gasteiger partial charge in [-0.05, 0) is 44.0 Å². The lowest BCUT2D eigenvalue weighted by atomic mass is 9.99. The van der Waals surface area contributed by atoms with E-state index in [1.807, 2.05) is 7.05 Å². The molecular weight excluding hydrogens is 246 g/mol. The minimum absolute atomic E-state index is 0.168. The molecule has 0 aliphatic heterocycles. The molecule has 0 aliphatic rings. The monoisotopic (exact) mass is 270 g/mol. The smallest absolute Gasteiger partial charge is 0.126 e. The van der Waals surface area contributed by atoms with Crippen LogP contribution in [0.3, 0.4) is 0 Å². The van der Waals surface area contributed by atoms with Gasteiger partial charge >= 0.3 is 0 Å². The number of benzene rings is 1. The van der Waals surface area contributed by atoms with Crippen LogP contribution < -0.4 is 5.73 Å². The molecule has 0 spiro atoms. The van der Waals surface area contributed by atoms with Gasteiger partial charge < -0.3 is 5.73 Å². The minimum atomic E-state index is -0.557. The molecule has 2 unspecified atom stereocenters. The van der Waals surface area contributed by atoms with Crippen molar-refractivity contribution in [3.63, 3.8) is 0 Å². The molecule has 0 radical (unpaired) electrons. The van der Waals surface area contributed by atoms with Gasteiger partial charge in [-0.15, -0.1) is 0 Å². The first-order valence-electron chi connectivity index (χ1n) is 6.73. The first-order valence-corrected chi connectivity index (χ1v) is 6.73. The van der Waals surface area contributed by atoms with Gasteiger partial charge in [-0.25, -0.2) is 8.78 Å². The number of rotatable bonds is 6. The molecular formula is C15H24F2N2. The van der Waals surface area contributed by atoms with Crippen molar-refractivity contribution in [3.05, 3.63) is 35.4 Å². The fraction of sp³-hybridized carbons (Fsp3) is 0.600. The third kappa shape index (κ3) is 4.55. The Hall–Kier alpha value is -1.00. The van der Waals surface area contributed by atoms with Crippen LogP contribution >= 0.6 is 0 Å². The molecule has 0 fully saturated rings. The normalized spacial score (nSPS) is 15.0. The topological polar surface area (TPSA) is 29.3 Å². The summed E-state index contributed by atoms with van der Waals surface area (Å²) in [5.41, 5.74) is 6.38. The van der Waals surface area contributed by atoms with Gasteiger partial charge in [0.1, 0.15) is 11.6 Å². The fourth-order valence-corrected chi connectivity index (χ4v) is 2.46. The van der Waals surface area contributed by atoms with Crippen LogP contribution in [-0.4, -0.2) is 24.5 Å². The Morgan fingerprint density at radius 3 is 2.05 bits per heavy atom. The van der Waals surface area contributed by atoms with E-state index in [1.54, 1.807) is 0 Å². The zero-order valence-electron chi connectivity index (χ0n) is 12.2. The Bertz CT molecular complexity index is 387. The Labute approximate surface area is 114 Å². The molecule has 4 heteroatoms. The molecule has 2 nitrogen and oxygen atoms in total. The van der Waals surface area contributed by atoms with Crippen LogP contribution in [0.4, 0.5) is 8.78 Å². The lowest BCUT2D eigenvalue weighted by Gasteiger charge is -2.33. The van der Waals surface area contributed by atoms with Gasteiger partial charge in [-0.3, -0.25) is 4.90 Å². The Balaban J connectivity index is 2.92. The minimum Gasteiger partial charge on any atom is -0.329 e. The first kappa shape index (κ1) is 16.1. The summed E-state index contributed by atoms with van der Waals surface area (Å²) in [4.78, 5) is 2.09. The summed E-state index contributed by atoms with van der Waals surface area (Å²) in [5.74, 6) is -0.545. The van der Waals surface area contributed by atoms with Crippen molar-refractivity contribution in [2.24, 2.45) is 11.7 Å². The third-order valence-electron chi connectivity index (χ3n) is 3.49. The molecule has 1 rings (SSSR count). The summed E-state index contributed by atoms with van der Waals surface area (Å²) in [5, 5.41) is 0. The first-order chi connectivity index (χ1) is 8.85. The summed E-state index contributed by atoms with van der Waals surface area (Å²) < 4.78 is 26.6. The van der Waals surface area contributed by atoms with Crippen LogP contribution in [0.2, 0.25) is 0 Å². The SMILES string of the molecule is CC(C)CC(C)N(C)C(CN)c1cc(F)cc(F)c1.